The van der Waals surface area contributed by atoms with Gasteiger partial charge in [-0.2, -0.15) is 13.2 Å². The number of likely N-dealkylation sites (tertiary alicyclic amines) is 1. The number of hydrogen-bond acceptors (Lipinski definition) is 5. The quantitative estimate of drug-likeness (QED) is 0.497. The van der Waals surface area contributed by atoms with E-state index in [9.17, 15) is 18.0 Å². The van der Waals surface area contributed by atoms with Crippen LogP contribution in [0.2, 0.25) is 0 Å². The van der Waals surface area contributed by atoms with Crippen LogP contribution >= 0.6 is 0 Å². The Hall–Kier alpha value is -1.84. The van der Waals surface area contributed by atoms with Gasteiger partial charge in [-0.05, 0) is 36.5 Å². The number of halogens is 3. The van der Waals surface area contributed by atoms with E-state index in [0.29, 0.717) is 49.8 Å². The Morgan fingerprint density at radius 1 is 1.27 bits per heavy atom. The van der Waals surface area contributed by atoms with Crippen molar-refractivity contribution in [1.29, 1.82) is 0 Å². The number of nitrogens with zero attached hydrogens (tertiary/aromatic N) is 1. The van der Waals surface area contributed by atoms with Crippen LogP contribution in [0.25, 0.3) is 0 Å². The van der Waals surface area contributed by atoms with E-state index < -0.39 is 24.7 Å². The maximum absolute atomic E-state index is 12.3. The molecule has 0 radical (unpaired) electrons. The van der Waals surface area contributed by atoms with Gasteiger partial charge in [0.05, 0.1) is 6.42 Å². The Bertz CT molecular complexity index is 686. The van der Waals surface area contributed by atoms with Crippen LogP contribution in [0.4, 0.5) is 13.2 Å². The van der Waals surface area contributed by atoms with Crippen molar-refractivity contribution in [2.24, 2.45) is 11.8 Å². The monoisotopic (exact) mass is 430 g/mol. The van der Waals surface area contributed by atoms with E-state index in [1.165, 1.54) is 0 Å². The first-order valence-electron chi connectivity index (χ1n) is 10.4. The van der Waals surface area contributed by atoms with Crippen LogP contribution in [0, 0.1) is 11.8 Å². The van der Waals surface area contributed by atoms with E-state index in [2.05, 4.69) is 5.32 Å². The Morgan fingerprint density at radius 3 is 2.50 bits per heavy atom. The second-order valence-electron chi connectivity index (χ2n) is 7.91. The topological polar surface area (TPSA) is 71.0 Å². The third kappa shape index (κ3) is 6.58. The van der Waals surface area contributed by atoms with Crippen LogP contribution < -0.4 is 10.1 Å². The highest BCUT2D eigenvalue weighted by Crippen LogP contribution is 2.45. The summed E-state index contributed by atoms with van der Waals surface area (Å²) in [5.41, 5.74) is 0.863. The van der Waals surface area contributed by atoms with E-state index >= 15 is 0 Å². The van der Waals surface area contributed by atoms with E-state index in [1.807, 2.05) is 29.2 Å². The van der Waals surface area contributed by atoms with Gasteiger partial charge in [-0.1, -0.05) is 12.1 Å². The molecule has 30 heavy (non-hydrogen) atoms. The predicted molar refractivity (Wildman–Crippen MR) is 105 cm³/mol. The Labute approximate surface area is 174 Å². The lowest BCUT2D eigenvalue weighted by Crippen LogP contribution is -2.34. The molecule has 1 aromatic rings. The zero-order valence-electron chi connectivity index (χ0n) is 17.0. The van der Waals surface area contributed by atoms with Gasteiger partial charge >= 0.3 is 12.1 Å². The van der Waals surface area contributed by atoms with Gasteiger partial charge in [-0.25, -0.2) is 4.79 Å². The number of carboxylic acids is 1. The molecule has 2 aliphatic rings. The number of carboxylic acid groups (broad SMARTS) is 1. The van der Waals surface area contributed by atoms with Crippen molar-refractivity contribution >= 4 is 5.97 Å². The molecule has 0 unspecified atom stereocenters. The minimum atomic E-state index is -4.08. The van der Waals surface area contributed by atoms with Gasteiger partial charge in [0.25, 0.3) is 0 Å². The Morgan fingerprint density at radius 2 is 1.93 bits per heavy atom. The SMILES string of the molecule is CCO[C@@H](Cc1ccc(OCCNC2[C@@H]3CN(CCC(F)(F)F)C[C@@H]23)cc1)C(=O)O. The number of carbonyl (C=O) groups is 1. The van der Waals surface area contributed by atoms with E-state index in [1.54, 1.807) is 6.92 Å². The number of alkyl halides is 3. The molecule has 2 N–H and O–H groups in total. The highest BCUT2D eigenvalue weighted by atomic mass is 19.4. The third-order valence-electron chi connectivity index (χ3n) is 5.72. The van der Waals surface area contributed by atoms with E-state index in [4.69, 9.17) is 14.6 Å². The van der Waals surface area contributed by atoms with Crippen molar-refractivity contribution in [3.05, 3.63) is 29.8 Å². The normalized spacial score (nSPS) is 24.5. The summed E-state index contributed by atoms with van der Waals surface area (Å²) in [6, 6.07) is 7.66. The minimum absolute atomic E-state index is 0.0973. The molecule has 3 rings (SSSR count). The van der Waals surface area contributed by atoms with Crippen LogP contribution in [-0.4, -0.2) is 73.7 Å². The van der Waals surface area contributed by atoms with Crippen molar-refractivity contribution < 1.29 is 32.5 Å². The summed E-state index contributed by atoms with van der Waals surface area (Å²) in [6.07, 6.45) is -5.37. The van der Waals surface area contributed by atoms with Crippen LogP contribution in [-0.2, 0) is 16.0 Å². The van der Waals surface area contributed by atoms with Gasteiger partial charge in [0.1, 0.15) is 12.4 Å². The molecule has 1 saturated heterocycles. The molecule has 6 nitrogen and oxygen atoms in total. The average molecular weight is 430 g/mol. The Kier molecular flexibility index (Phi) is 7.60. The fourth-order valence-electron chi connectivity index (χ4n) is 4.13. The minimum Gasteiger partial charge on any atom is -0.492 e. The number of ether oxygens (including phenoxy) is 2. The van der Waals surface area contributed by atoms with Gasteiger partial charge in [-0.15, -0.1) is 0 Å². The first-order chi connectivity index (χ1) is 14.3. The summed E-state index contributed by atoms with van der Waals surface area (Å²) in [6.45, 7) is 4.84. The molecule has 0 spiro atoms. The second-order valence-corrected chi connectivity index (χ2v) is 7.91. The lowest BCUT2D eigenvalue weighted by molar-refractivity contribution is -0.150. The number of benzene rings is 1. The predicted octanol–water partition coefficient (Wildman–Crippen LogP) is 2.57. The van der Waals surface area contributed by atoms with Crippen molar-refractivity contribution in [2.45, 2.75) is 38.1 Å². The molecule has 1 aliphatic carbocycles. The van der Waals surface area contributed by atoms with Gasteiger partial charge in [0, 0.05) is 45.2 Å². The number of rotatable bonds is 12. The highest BCUT2D eigenvalue weighted by molar-refractivity contribution is 5.72. The van der Waals surface area contributed by atoms with Crippen LogP contribution in [0.15, 0.2) is 24.3 Å². The van der Waals surface area contributed by atoms with Gasteiger partial charge < -0.3 is 24.8 Å². The zero-order valence-corrected chi connectivity index (χ0v) is 17.0. The number of hydrogen-bond donors (Lipinski definition) is 2. The summed E-state index contributed by atoms with van der Waals surface area (Å²) in [5, 5.41) is 12.6. The average Bonchev–Trinajstić information content (AvgIpc) is 3.13. The van der Waals surface area contributed by atoms with E-state index in [-0.39, 0.29) is 6.54 Å². The summed E-state index contributed by atoms with van der Waals surface area (Å²) in [4.78, 5) is 13.1. The molecule has 0 amide bonds. The van der Waals surface area contributed by atoms with Crippen molar-refractivity contribution in [1.82, 2.24) is 10.2 Å². The maximum atomic E-state index is 12.3. The fourth-order valence-corrected chi connectivity index (χ4v) is 4.13. The molecular weight excluding hydrogens is 401 g/mol. The first-order valence-corrected chi connectivity index (χ1v) is 10.4. The lowest BCUT2D eigenvalue weighted by Gasteiger charge is -2.20. The molecule has 1 heterocycles. The van der Waals surface area contributed by atoms with Gasteiger partial charge in [-0.3, -0.25) is 0 Å². The summed E-state index contributed by atoms with van der Waals surface area (Å²) < 4.78 is 47.8. The molecule has 0 aromatic heterocycles. The van der Waals surface area contributed by atoms with Crippen LogP contribution in [0.1, 0.15) is 18.9 Å². The summed E-state index contributed by atoms with van der Waals surface area (Å²) in [5.74, 6) is 0.629. The van der Waals surface area contributed by atoms with Crippen LogP contribution in [0.3, 0.4) is 0 Å². The smallest absolute Gasteiger partial charge is 0.390 e. The largest absolute Gasteiger partial charge is 0.492 e. The third-order valence-corrected chi connectivity index (χ3v) is 5.72. The molecule has 3 atom stereocenters. The number of nitrogens with one attached hydrogen (secondary N) is 1. The molecule has 1 saturated carbocycles. The maximum Gasteiger partial charge on any atom is 0.390 e. The molecular formula is C21H29F3N2O4. The highest BCUT2D eigenvalue weighted by Gasteiger charge is 2.55. The molecule has 9 heteroatoms. The van der Waals surface area contributed by atoms with Crippen molar-refractivity contribution in [3.8, 4) is 5.75 Å². The molecule has 1 aromatic carbocycles. The molecule has 168 valence electrons. The van der Waals surface area contributed by atoms with Crippen molar-refractivity contribution in [3.63, 3.8) is 0 Å². The summed E-state index contributed by atoms with van der Waals surface area (Å²) in [7, 11) is 0. The second kappa shape index (κ2) is 9.98. The Balaban J connectivity index is 1.30. The first kappa shape index (κ1) is 22.8. The summed E-state index contributed by atoms with van der Waals surface area (Å²) >= 11 is 0. The van der Waals surface area contributed by atoms with Gasteiger partial charge in [0.2, 0.25) is 0 Å². The lowest BCUT2D eigenvalue weighted by atomic mass is 10.1. The van der Waals surface area contributed by atoms with Crippen LogP contribution in [0.5, 0.6) is 5.75 Å². The van der Waals surface area contributed by atoms with Gasteiger partial charge in [0.15, 0.2) is 6.10 Å². The number of fused-ring (bicyclic) bond motifs is 1. The molecule has 1 aliphatic heterocycles. The molecule has 2 fully saturated rings. The zero-order chi connectivity index (χ0) is 21.7. The fraction of sp³-hybridized carbons (Fsp3) is 0.667. The molecule has 0 bridgehead atoms. The number of aliphatic carboxylic acids is 1. The van der Waals surface area contributed by atoms with Crippen molar-refractivity contribution in [2.75, 3.05) is 39.4 Å². The number of piperidine rings is 1. The standard InChI is InChI=1S/C21H29F3N2O4/c1-2-29-18(20(27)28)11-14-3-5-15(6-4-14)30-10-8-25-19-16-12-26(13-17(16)19)9-7-21(22,23)24/h3-6,16-19,25H,2,7-13H2,1H3,(H,27,28)/t16-,17-,18+/m1/s1. The van der Waals surface area contributed by atoms with E-state index in [0.717, 1.165) is 18.7 Å².